The Bertz CT molecular complexity index is 931. The number of nitro groups is 1. The van der Waals surface area contributed by atoms with Gasteiger partial charge in [0.05, 0.1) is 36.5 Å². The summed E-state index contributed by atoms with van der Waals surface area (Å²) in [6.45, 7) is 2.66. The Morgan fingerprint density at radius 2 is 1.90 bits per heavy atom. The van der Waals surface area contributed by atoms with Gasteiger partial charge in [-0.25, -0.2) is 4.79 Å². The van der Waals surface area contributed by atoms with Gasteiger partial charge >= 0.3 is 6.09 Å². The van der Waals surface area contributed by atoms with E-state index in [1.807, 2.05) is 0 Å². The van der Waals surface area contributed by atoms with Gasteiger partial charge in [0.25, 0.3) is 15.8 Å². The quantitative estimate of drug-likeness (QED) is 0.321. The molecule has 0 unspecified atom stereocenters. The fraction of sp³-hybridized carbons (Fsp3) is 0.556. The third-order valence-corrected chi connectivity index (χ3v) is 5.28. The Labute approximate surface area is 179 Å². The van der Waals surface area contributed by atoms with Crippen molar-refractivity contribution >= 4 is 27.8 Å². The normalized spacial score (nSPS) is 19.3. The minimum Gasteiger partial charge on any atom is -0.445 e. The summed E-state index contributed by atoms with van der Waals surface area (Å²) in [5.74, 6) is -0.693. The largest absolute Gasteiger partial charge is 0.445 e. The summed E-state index contributed by atoms with van der Waals surface area (Å²) in [5, 5.41) is 10.7. The molecule has 0 saturated carbocycles. The van der Waals surface area contributed by atoms with Crippen molar-refractivity contribution in [1.82, 2.24) is 4.90 Å². The molecule has 172 valence electrons. The molecule has 31 heavy (non-hydrogen) atoms. The number of primary amides is 1. The standard InChI is InChI=1S/C18H25N3O9S/c1-18(2,16(19)22)29-11-14-8-15(30-31(3,26)27)9-20(14)17(23)28-10-12-4-6-13(7-5-12)21(24)25/h4-7,14-15H,8-11H2,1-3H3,(H2,19,22)/t14-,15+/m0/s1. The Kier molecular flexibility index (Phi) is 7.57. The summed E-state index contributed by atoms with van der Waals surface area (Å²) >= 11 is 0. The summed E-state index contributed by atoms with van der Waals surface area (Å²) in [6, 6.07) is 4.88. The number of hydrogen-bond donors (Lipinski definition) is 1. The second-order valence-electron chi connectivity index (χ2n) is 7.63. The number of nitro benzene ring substituents is 1. The number of non-ortho nitro benzene ring substituents is 1. The molecule has 1 aromatic carbocycles. The van der Waals surface area contributed by atoms with Crippen LogP contribution in [0.3, 0.4) is 0 Å². The van der Waals surface area contributed by atoms with Gasteiger partial charge in [-0.1, -0.05) is 0 Å². The number of hydrogen-bond acceptors (Lipinski definition) is 9. The molecular formula is C18H25N3O9S. The number of carbonyl (C=O) groups is 2. The van der Waals surface area contributed by atoms with Crippen molar-refractivity contribution in [2.24, 2.45) is 5.73 Å². The maximum absolute atomic E-state index is 12.6. The van der Waals surface area contributed by atoms with Crippen LogP contribution in [0.5, 0.6) is 0 Å². The maximum atomic E-state index is 12.6. The summed E-state index contributed by atoms with van der Waals surface area (Å²) < 4.78 is 38.7. The molecule has 1 fully saturated rings. The van der Waals surface area contributed by atoms with Gasteiger partial charge < -0.3 is 20.1 Å². The molecule has 1 aliphatic rings. The molecule has 13 heteroatoms. The molecule has 1 saturated heterocycles. The van der Waals surface area contributed by atoms with Crippen LogP contribution in [-0.2, 0) is 35.2 Å². The lowest BCUT2D eigenvalue weighted by Crippen LogP contribution is -2.45. The third-order valence-electron chi connectivity index (χ3n) is 4.66. The Morgan fingerprint density at radius 3 is 2.42 bits per heavy atom. The minimum absolute atomic E-state index is 0.0583. The van der Waals surface area contributed by atoms with Gasteiger partial charge in [-0.15, -0.1) is 0 Å². The monoisotopic (exact) mass is 459 g/mol. The Hall–Kier alpha value is -2.77. The van der Waals surface area contributed by atoms with Crippen molar-refractivity contribution in [1.29, 1.82) is 0 Å². The number of rotatable bonds is 9. The first-order valence-corrected chi connectivity index (χ1v) is 11.1. The van der Waals surface area contributed by atoms with Gasteiger partial charge in [-0.2, -0.15) is 8.42 Å². The van der Waals surface area contributed by atoms with Crippen molar-refractivity contribution in [3.63, 3.8) is 0 Å². The highest BCUT2D eigenvalue weighted by molar-refractivity contribution is 7.86. The molecule has 2 amide bonds. The number of ether oxygens (including phenoxy) is 2. The van der Waals surface area contributed by atoms with Crippen LogP contribution in [0, 0.1) is 10.1 Å². The predicted octanol–water partition coefficient (Wildman–Crippen LogP) is 0.931. The molecule has 2 rings (SSSR count). The topological polar surface area (TPSA) is 168 Å². The van der Waals surface area contributed by atoms with E-state index in [0.717, 1.165) is 6.26 Å². The fourth-order valence-electron chi connectivity index (χ4n) is 2.89. The number of likely N-dealkylation sites (tertiary alicyclic amines) is 1. The van der Waals surface area contributed by atoms with Gasteiger partial charge in [0.1, 0.15) is 12.2 Å². The predicted molar refractivity (Wildman–Crippen MR) is 107 cm³/mol. The van der Waals surface area contributed by atoms with Crippen LogP contribution in [0.15, 0.2) is 24.3 Å². The molecule has 1 aliphatic heterocycles. The molecule has 0 spiro atoms. The molecule has 2 N–H and O–H groups in total. The lowest BCUT2D eigenvalue weighted by molar-refractivity contribution is -0.384. The van der Waals surface area contributed by atoms with Crippen molar-refractivity contribution in [2.75, 3.05) is 19.4 Å². The van der Waals surface area contributed by atoms with Crippen molar-refractivity contribution in [3.05, 3.63) is 39.9 Å². The number of nitrogens with zero attached hydrogens (tertiary/aromatic N) is 2. The van der Waals surface area contributed by atoms with Gasteiger partial charge in [-0.3, -0.25) is 19.1 Å². The second kappa shape index (κ2) is 9.58. The van der Waals surface area contributed by atoms with Crippen LogP contribution in [-0.4, -0.2) is 67.4 Å². The first-order valence-electron chi connectivity index (χ1n) is 9.27. The lowest BCUT2D eigenvalue weighted by Gasteiger charge is -2.28. The van der Waals surface area contributed by atoms with E-state index in [0.29, 0.717) is 5.56 Å². The first kappa shape index (κ1) is 24.5. The summed E-state index contributed by atoms with van der Waals surface area (Å²) in [6.07, 6.45) is -0.491. The van der Waals surface area contributed by atoms with E-state index in [9.17, 15) is 28.1 Å². The summed E-state index contributed by atoms with van der Waals surface area (Å²) in [7, 11) is -3.75. The average molecular weight is 459 g/mol. The zero-order chi connectivity index (χ0) is 23.4. The van der Waals surface area contributed by atoms with E-state index in [1.54, 1.807) is 0 Å². The third kappa shape index (κ3) is 7.15. The Balaban J connectivity index is 2.05. The molecule has 0 bridgehead atoms. The number of amides is 2. The van der Waals surface area contributed by atoms with Gasteiger partial charge in [0.2, 0.25) is 5.91 Å². The molecule has 1 aromatic rings. The van der Waals surface area contributed by atoms with Gasteiger partial charge in [0.15, 0.2) is 0 Å². The molecule has 12 nitrogen and oxygen atoms in total. The highest BCUT2D eigenvalue weighted by atomic mass is 32.2. The van der Waals surface area contributed by atoms with Crippen molar-refractivity contribution in [2.45, 2.75) is 44.6 Å². The van der Waals surface area contributed by atoms with Crippen molar-refractivity contribution < 1.29 is 36.6 Å². The highest BCUT2D eigenvalue weighted by Gasteiger charge is 2.40. The van der Waals surface area contributed by atoms with E-state index >= 15 is 0 Å². The van der Waals surface area contributed by atoms with Crippen LogP contribution >= 0.6 is 0 Å². The van der Waals surface area contributed by atoms with Crippen LogP contribution in [0.1, 0.15) is 25.8 Å². The van der Waals surface area contributed by atoms with E-state index < -0.39 is 44.8 Å². The van der Waals surface area contributed by atoms with E-state index in [4.69, 9.17) is 19.4 Å². The SMILES string of the molecule is CC(C)(OC[C@@H]1C[C@@H](OS(C)(=O)=O)CN1C(=O)OCc1ccc([N+](=O)[O-])cc1)C(N)=O. The van der Waals surface area contributed by atoms with E-state index in [1.165, 1.54) is 43.0 Å². The molecule has 1 heterocycles. The molecule has 0 aliphatic carbocycles. The van der Waals surface area contributed by atoms with E-state index in [2.05, 4.69) is 0 Å². The lowest BCUT2D eigenvalue weighted by atomic mass is 10.1. The van der Waals surface area contributed by atoms with Crippen molar-refractivity contribution in [3.8, 4) is 0 Å². The minimum atomic E-state index is -3.75. The van der Waals surface area contributed by atoms with Crippen LogP contribution in [0.25, 0.3) is 0 Å². The van der Waals surface area contributed by atoms with Gasteiger partial charge in [-0.05, 0) is 38.0 Å². The first-order chi connectivity index (χ1) is 14.3. The molecular weight excluding hydrogens is 434 g/mol. The molecule has 0 aromatic heterocycles. The summed E-state index contributed by atoms with van der Waals surface area (Å²) in [4.78, 5) is 35.5. The zero-order valence-electron chi connectivity index (χ0n) is 17.3. The Morgan fingerprint density at radius 1 is 1.29 bits per heavy atom. The zero-order valence-corrected chi connectivity index (χ0v) is 18.2. The van der Waals surface area contributed by atoms with Gasteiger partial charge in [0, 0.05) is 12.1 Å². The summed E-state index contributed by atoms with van der Waals surface area (Å²) in [5.41, 5.74) is 4.44. The number of benzene rings is 1. The van der Waals surface area contributed by atoms with Crippen LogP contribution in [0.2, 0.25) is 0 Å². The average Bonchev–Trinajstić information content (AvgIpc) is 3.05. The van der Waals surface area contributed by atoms with Crippen LogP contribution < -0.4 is 5.73 Å². The fourth-order valence-corrected chi connectivity index (χ4v) is 3.52. The maximum Gasteiger partial charge on any atom is 0.410 e. The smallest absolute Gasteiger partial charge is 0.410 e. The second-order valence-corrected chi connectivity index (χ2v) is 9.23. The number of nitrogens with two attached hydrogens (primary N) is 1. The molecule has 0 radical (unpaired) electrons. The van der Waals surface area contributed by atoms with E-state index in [-0.39, 0.29) is 31.9 Å². The van der Waals surface area contributed by atoms with Crippen LogP contribution in [0.4, 0.5) is 10.5 Å². The highest BCUT2D eigenvalue weighted by Crippen LogP contribution is 2.25. The number of carbonyl (C=O) groups excluding carboxylic acids is 2. The molecule has 2 atom stereocenters.